The van der Waals surface area contributed by atoms with Gasteiger partial charge in [-0.15, -0.1) is 0 Å². The van der Waals surface area contributed by atoms with Gasteiger partial charge in [0.2, 0.25) is 5.91 Å². The largest absolute Gasteiger partial charge is 0.337 e. The molecule has 0 fully saturated rings. The van der Waals surface area contributed by atoms with Gasteiger partial charge in [0.05, 0.1) is 6.04 Å². The summed E-state index contributed by atoms with van der Waals surface area (Å²) in [4.78, 5) is 27.5. The molecule has 4 heteroatoms. The first-order chi connectivity index (χ1) is 14.1. The van der Waals surface area contributed by atoms with Crippen molar-refractivity contribution in [1.29, 1.82) is 0 Å². The molecule has 4 nitrogen and oxygen atoms in total. The summed E-state index contributed by atoms with van der Waals surface area (Å²) in [7, 11) is 1.81. The van der Waals surface area contributed by atoms with Crippen molar-refractivity contribution in [2.45, 2.75) is 12.1 Å². The van der Waals surface area contributed by atoms with E-state index in [0.29, 0.717) is 5.56 Å². The van der Waals surface area contributed by atoms with Gasteiger partial charge in [0, 0.05) is 12.6 Å². The van der Waals surface area contributed by atoms with Crippen molar-refractivity contribution < 1.29 is 9.59 Å². The van der Waals surface area contributed by atoms with Crippen molar-refractivity contribution in [2.24, 2.45) is 0 Å². The zero-order chi connectivity index (χ0) is 20.0. The van der Waals surface area contributed by atoms with Crippen LogP contribution in [0.3, 0.4) is 0 Å². The summed E-state index contributed by atoms with van der Waals surface area (Å²) in [5, 5.41) is 2.90. The molecular formula is C25H20N2O2. The number of amides is 2. The molecule has 1 heterocycles. The number of likely N-dealkylation sites (N-methyl/N-ethyl adjacent to an activating group) is 1. The van der Waals surface area contributed by atoms with E-state index in [0.717, 1.165) is 27.8 Å². The number of rotatable bonds is 2. The van der Waals surface area contributed by atoms with Crippen molar-refractivity contribution in [2.75, 3.05) is 7.05 Å². The zero-order valence-corrected chi connectivity index (χ0v) is 16.0. The maximum Gasteiger partial charge on any atom is 0.252 e. The second-order valence-corrected chi connectivity index (χ2v) is 7.42. The SMILES string of the molecule is CN1C(=O)[C@@H](NC(=O)c2ccccc2)C=C2c3ccccc3-c3ccccc3[C@@H]21. The van der Waals surface area contributed by atoms with E-state index in [1.807, 2.05) is 55.6 Å². The van der Waals surface area contributed by atoms with Crippen LogP contribution in [0.5, 0.6) is 0 Å². The third-order valence-corrected chi connectivity index (χ3v) is 5.75. The summed E-state index contributed by atoms with van der Waals surface area (Å²) >= 11 is 0. The molecule has 2 amide bonds. The highest BCUT2D eigenvalue weighted by molar-refractivity contribution is 6.02. The van der Waals surface area contributed by atoms with Crippen LogP contribution in [0.2, 0.25) is 0 Å². The fourth-order valence-electron chi connectivity index (χ4n) is 4.38. The normalized spacial score (nSPS) is 19.6. The van der Waals surface area contributed by atoms with Gasteiger partial charge in [-0.1, -0.05) is 66.7 Å². The van der Waals surface area contributed by atoms with Gasteiger partial charge in [-0.3, -0.25) is 9.59 Å². The molecule has 1 aliphatic heterocycles. The topological polar surface area (TPSA) is 49.4 Å². The maximum absolute atomic E-state index is 13.1. The second-order valence-electron chi connectivity index (χ2n) is 7.42. The van der Waals surface area contributed by atoms with E-state index in [1.165, 1.54) is 0 Å². The van der Waals surface area contributed by atoms with Gasteiger partial charge in [-0.25, -0.2) is 0 Å². The van der Waals surface area contributed by atoms with Gasteiger partial charge < -0.3 is 10.2 Å². The smallest absolute Gasteiger partial charge is 0.252 e. The molecule has 2 atom stereocenters. The molecular weight excluding hydrogens is 360 g/mol. The van der Waals surface area contributed by atoms with Crippen molar-refractivity contribution in [1.82, 2.24) is 10.2 Å². The number of carbonyl (C=O) groups is 2. The van der Waals surface area contributed by atoms with E-state index in [4.69, 9.17) is 0 Å². The molecule has 0 bridgehead atoms. The van der Waals surface area contributed by atoms with E-state index in [-0.39, 0.29) is 17.9 Å². The van der Waals surface area contributed by atoms with Crippen LogP contribution in [-0.4, -0.2) is 29.8 Å². The summed E-state index contributed by atoms with van der Waals surface area (Å²) in [5.74, 6) is -0.366. The predicted octanol–water partition coefficient (Wildman–Crippen LogP) is 4.06. The Hall–Kier alpha value is -3.66. The van der Waals surface area contributed by atoms with Gasteiger partial charge >= 0.3 is 0 Å². The molecule has 1 aliphatic carbocycles. The zero-order valence-electron chi connectivity index (χ0n) is 16.0. The predicted molar refractivity (Wildman–Crippen MR) is 113 cm³/mol. The van der Waals surface area contributed by atoms with Crippen LogP contribution in [0.25, 0.3) is 16.7 Å². The maximum atomic E-state index is 13.1. The number of carbonyl (C=O) groups excluding carboxylic acids is 2. The molecule has 1 N–H and O–H groups in total. The number of nitrogens with one attached hydrogen (secondary N) is 1. The average molecular weight is 380 g/mol. The van der Waals surface area contributed by atoms with Crippen LogP contribution >= 0.6 is 0 Å². The van der Waals surface area contributed by atoms with E-state index in [2.05, 4.69) is 29.6 Å². The Morgan fingerprint density at radius 2 is 1.45 bits per heavy atom. The highest BCUT2D eigenvalue weighted by Crippen LogP contribution is 2.49. The van der Waals surface area contributed by atoms with Crippen molar-refractivity contribution in [3.63, 3.8) is 0 Å². The Morgan fingerprint density at radius 3 is 2.21 bits per heavy atom. The lowest BCUT2D eigenvalue weighted by atomic mass is 9.76. The second kappa shape index (κ2) is 6.74. The van der Waals surface area contributed by atoms with Gasteiger partial charge in [0.25, 0.3) is 5.91 Å². The molecule has 3 aromatic carbocycles. The Balaban J connectivity index is 1.60. The number of hydrogen-bond donors (Lipinski definition) is 1. The molecule has 0 aromatic heterocycles. The Kier molecular flexibility index (Phi) is 4.06. The monoisotopic (exact) mass is 380 g/mol. The lowest BCUT2D eigenvalue weighted by molar-refractivity contribution is -0.132. The van der Waals surface area contributed by atoms with Crippen LogP contribution in [-0.2, 0) is 4.79 Å². The molecule has 0 unspecified atom stereocenters. The minimum Gasteiger partial charge on any atom is -0.337 e. The summed E-state index contributed by atoms with van der Waals surface area (Å²) in [6, 6.07) is 24.6. The van der Waals surface area contributed by atoms with Crippen LogP contribution in [0, 0.1) is 0 Å². The van der Waals surface area contributed by atoms with Gasteiger partial charge in [-0.05, 0) is 46.0 Å². The molecule has 29 heavy (non-hydrogen) atoms. The quantitative estimate of drug-likeness (QED) is 0.729. The fourth-order valence-corrected chi connectivity index (χ4v) is 4.38. The minimum atomic E-state index is -0.697. The molecule has 142 valence electrons. The summed E-state index contributed by atoms with van der Waals surface area (Å²) in [6.07, 6.45) is 1.92. The summed E-state index contributed by atoms with van der Waals surface area (Å²) in [5.41, 5.74) is 6.12. The third kappa shape index (κ3) is 2.76. The summed E-state index contributed by atoms with van der Waals surface area (Å²) < 4.78 is 0. The first-order valence-corrected chi connectivity index (χ1v) is 9.68. The van der Waals surface area contributed by atoms with Crippen molar-refractivity contribution in [3.05, 3.63) is 102 Å². The van der Waals surface area contributed by atoms with Crippen LogP contribution < -0.4 is 5.32 Å². The number of hydrogen-bond acceptors (Lipinski definition) is 2. The summed E-state index contributed by atoms with van der Waals surface area (Å²) in [6.45, 7) is 0. The first kappa shape index (κ1) is 17.4. The van der Waals surface area contributed by atoms with Crippen molar-refractivity contribution in [3.8, 4) is 11.1 Å². The van der Waals surface area contributed by atoms with E-state index >= 15 is 0 Å². The highest BCUT2D eigenvalue weighted by Gasteiger charge is 2.40. The molecule has 5 rings (SSSR count). The average Bonchev–Trinajstić information content (AvgIpc) is 2.77. The Bertz CT molecular complexity index is 1150. The first-order valence-electron chi connectivity index (χ1n) is 9.68. The van der Waals surface area contributed by atoms with Crippen LogP contribution in [0.4, 0.5) is 0 Å². The lowest BCUT2D eigenvalue weighted by Gasteiger charge is -2.41. The molecule has 0 spiro atoms. The van der Waals surface area contributed by atoms with Crippen molar-refractivity contribution >= 4 is 17.4 Å². The standard InChI is InChI=1S/C25H20N2O2/c1-27-23-20-14-8-7-12-18(20)17-11-5-6-13-19(17)21(23)15-22(25(27)29)26-24(28)16-9-3-2-4-10-16/h2-15,22-23H,1H3,(H,26,28)/t22-,23-/m0/s1. The lowest BCUT2D eigenvalue weighted by Crippen LogP contribution is -2.51. The molecule has 0 saturated heterocycles. The van der Waals surface area contributed by atoms with E-state index in [1.54, 1.807) is 17.0 Å². The van der Waals surface area contributed by atoms with Gasteiger partial charge in [0.1, 0.15) is 6.04 Å². The highest BCUT2D eigenvalue weighted by atomic mass is 16.2. The third-order valence-electron chi connectivity index (χ3n) is 5.75. The van der Waals surface area contributed by atoms with E-state index < -0.39 is 6.04 Å². The van der Waals surface area contributed by atoms with E-state index in [9.17, 15) is 9.59 Å². The fraction of sp³-hybridized carbons (Fsp3) is 0.120. The molecule has 3 aromatic rings. The number of fused-ring (bicyclic) bond motifs is 6. The minimum absolute atomic E-state index is 0.114. The number of benzene rings is 3. The molecule has 0 radical (unpaired) electrons. The van der Waals surface area contributed by atoms with Crippen LogP contribution in [0.1, 0.15) is 27.5 Å². The molecule has 2 aliphatic rings. The van der Waals surface area contributed by atoms with Crippen LogP contribution in [0.15, 0.2) is 84.9 Å². The molecule has 0 saturated carbocycles. The Labute approximate surface area is 169 Å². The van der Waals surface area contributed by atoms with Gasteiger partial charge in [0.15, 0.2) is 0 Å². The van der Waals surface area contributed by atoms with Gasteiger partial charge in [-0.2, -0.15) is 0 Å². The Morgan fingerprint density at radius 1 is 0.828 bits per heavy atom. The number of nitrogens with zero attached hydrogens (tertiary/aromatic N) is 1.